The lowest BCUT2D eigenvalue weighted by Crippen LogP contribution is -2.22. The minimum absolute atomic E-state index is 0.310. The van der Waals surface area contributed by atoms with E-state index in [0.717, 1.165) is 12.1 Å². The third kappa shape index (κ3) is 6.56. The first-order valence-corrected chi connectivity index (χ1v) is 8.98. The number of thioether (sulfide) groups is 1. The number of benzene rings is 1. The average Bonchev–Trinajstić information content (AvgIpc) is 3.00. The van der Waals surface area contributed by atoms with E-state index in [-0.39, 0.29) is 11.7 Å². The second-order valence-electron chi connectivity index (χ2n) is 4.86. The maximum Gasteiger partial charge on any atom is 0.573 e. The van der Waals surface area contributed by atoms with Crippen molar-refractivity contribution < 1.29 is 22.7 Å². The third-order valence-corrected chi connectivity index (χ3v) is 4.87. The number of carbonyl (C=O) groups is 1. The van der Waals surface area contributed by atoms with Gasteiger partial charge in [-0.2, -0.15) is 0 Å². The summed E-state index contributed by atoms with van der Waals surface area (Å²) in [4.78, 5) is 12.2. The van der Waals surface area contributed by atoms with Gasteiger partial charge in [-0.05, 0) is 31.2 Å². The molecule has 2 N–H and O–H groups in total. The first-order valence-electron chi connectivity index (χ1n) is 7.28. The third-order valence-electron chi connectivity index (χ3n) is 2.81. The Hall–Kier alpha value is -2.27. The summed E-state index contributed by atoms with van der Waals surface area (Å²) in [7, 11) is 0. The highest BCUT2D eigenvalue weighted by molar-refractivity contribution is 8.02. The van der Waals surface area contributed by atoms with Crippen molar-refractivity contribution >= 4 is 39.8 Å². The molecule has 1 amide bonds. The highest BCUT2D eigenvalue weighted by Gasteiger charge is 2.31. The van der Waals surface area contributed by atoms with Crippen LogP contribution in [0.1, 0.15) is 6.92 Å². The van der Waals surface area contributed by atoms with E-state index in [0.29, 0.717) is 21.7 Å². The van der Waals surface area contributed by atoms with E-state index in [9.17, 15) is 18.0 Å². The topological polar surface area (TPSA) is 76.1 Å². The second-order valence-corrected chi connectivity index (χ2v) is 7.43. The molecule has 1 aromatic heterocycles. The molecule has 0 fully saturated rings. The van der Waals surface area contributed by atoms with Gasteiger partial charge in [-0.3, -0.25) is 4.79 Å². The Morgan fingerprint density at radius 1 is 1.38 bits per heavy atom. The van der Waals surface area contributed by atoms with Crippen LogP contribution in [0.2, 0.25) is 0 Å². The molecule has 0 unspecified atom stereocenters. The summed E-state index contributed by atoms with van der Waals surface area (Å²) in [6.07, 6.45) is -3.06. The molecule has 0 saturated carbocycles. The number of nitrogens with zero attached hydrogens (tertiary/aromatic N) is 2. The maximum absolute atomic E-state index is 12.2. The summed E-state index contributed by atoms with van der Waals surface area (Å²) < 4.78 is 40.8. The number of amides is 1. The van der Waals surface area contributed by atoms with Crippen LogP contribution in [-0.2, 0) is 4.79 Å². The average molecular weight is 404 g/mol. The van der Waals surface area contributed by atoms with Crippen LogP contribution in [0.5, 0.6) is 5.75 Å². The molecule has 0 aliphatic carbocycles. The van der Waals surface area contributed by atoms with Gasteiger partial charge in [0.15, 0.2) is 4.34 Å². The number of anilines is 2. The van der Waals surface area contributed by atoms with Crippen LogP contribution in [0, 0.1) is 0 Å². The van der Waals surface area contributed by atoms with Crippen molar-refractivity contribution in [2.75, 3.05) is 17.2 Å². The van der Waals surface area contributed by atoms with E-state index in [4.69, 9.17) is 0 Å². The molecule has 11 heteroatoms. The Morgan fingerprint density at radius 3 is 2.69 bits per heavy atom. The number of nitrogens with one attached hydrogen (secondary N) is 2. The zero-order valence-corrected chi connectivity index (χ0v) is 15.2. The summed E-state index contributed by atoms with van der Waals surface area (Å²) in [5.41, 5.74) is 0.363. The molecule has 140 valence electrons. The lowest BCUT2D eigenvalue weighted by atomic mass is 10.3. The van der Waals surface area contributed by atoms with Crippen LogP contribution >= 0.6 is 23.1 Å². The van der Waals surface area contributed by atoms with Crippen molar-refractivity contribution in [3.8, 4) is 5.75 Å². The van der Waals surface area contributed by atoms with Crippen LogP contribution in [0.25, 0.3) is 0 Å². The highest BCUT2D eigenvalue weighted by atomic mass is 32.2. The number of aromatic nitrogens is 2. The molecule has 2 aromatic rings. The van der Waals surface area contributed by atoms with Gasteiger partial charge in [-0.15, -0.1) is 29.9 Å². The first kappa shape index (κ1) is 20.0. The molecule has 0 saturated heterocycles. The minimum atomic E-state index is -4.75. The molecule has 2 rings (SSSR count). The molecule has 0 bridgehead atoms. The lowest BCUT2D eigenvalue weighted by Gasteiger charge is -2.12. The van der Waals surface area contributed by atoms with Gasteiger partial charge in [-0.25, -0.2) is 0 Å². The van der Waals surface area contributed by atoms with Crippen LogP contribution in [0.3, 0.4) is 0 Å². The highest BCUT2D eigenvalue weighted by Crippen LogP contribution is 2.29. The second kappa shape index (κ2) is 8.90. The van der Waals surface area contributed by atoms with Gasteiger partial charge in [-0.1, -0.05) is 29.2 Å². The molecular weight excluding hydrogens is 389 g/mol. The summed E-state index contributed by atoms with van der Waals surface area (Å²) in [5, 5.41) is 13.7. The van der Waals surface area contributed by atoms with Gasteiger partial charge in [0, 0.05) is 12.2 Å². The molecule has 0 radical (unpaired) electrons. The number of hydrogen-bond donors (Lipinski definition) is 2. The molecule has 26 heavy (non-hydrogen) atoms. The van der Waals surface area contributed by atoms with Crippen molar-refractivity contribution in [3.05, 3.63) is 36.9 Å². The summed E-state index contributed by atoms with van der Waals surface area (Å²) in [6.45, 7) is 5.84. The number of hydrogen-bond acceptors (Lipinski definition) is 7. The Labute approximate surface area is 155 Å². The van der Waals surface area contributed by atoms with Crippen molar-refractivity contribution in [3.63, 3.8) is 0 Å². The molecule has 0 aliphatic heterocycles. The van der Waals surface area contributed by atoms with Gasteiger partial charge >= 0.3 is 6.36 Å². The van der Waals surface area contributed by atoms with Gasteiger partial charge in [0.25, 0.3) is 0 Å². The van der Waals surface area contributed by atoms with E-state index < -0.39 is 11.6 Å². The van der Waals surface area contributed by atoms with Crippen LogP contribution in [0.4, 0.5) is 24.0 Å². The number of rotatable bonds is 8. The standard InChI is InChI=1S/C15H15F3N4O2S2/c1-3-8-19-13-21-22-14(26-13)25-9(2)12(23)20-10-4-6-11(7-5-10)24-15(16,17)18/h3-7,9H,1,8H2,2H3,(H,19,21)(H,20,23)/t9-/m1/s1. The fourth-order valence-corrected chi connectivity index (χ4v) is 3.58. The van der Waals surface area contributed by atoms with Crippen LogP contribution < -0.4 is 15.4 Å². The molecule has 6 nitrogen and oxygen atoms in total. The largest absolute Gasteiger partial charge is 0.573 e. The number of ether oxygens (including phenoxy) is 1. The zero-order valence-electron chi connectivity index (χ0n) is 13.5. The minimum Gasteiger partial charge on any atom is -0.406 e. The van der Waals surface area contributed by atoms with Gasteiger partial charge in [0.05, 0.1) is 5.25 Å². The zero-order chi connectivity index (χ0) is 19.2. The van der Waals surface area contributed by atoms with E-state index >= 15 is 0 Å². The van der Waals surface area contributed by atoms with Crippen LogP contribution in [-0.4, -0.2) is 34.3 Å². The Kier molecular flexibility index (Phi) is 6.86. The molecular formula is C15H15F3N4O2S2. The van der Waals surface area contributed by atoms with E-state index in [1.54, 1.807) is 13.0 Å². The summed E-state index contributed by atoms with van der Waals surface area (Å²) in [6, 6.07) is 4.92. The van der Waals surface area contributed by atoms with Gasteiger partial charge in [0.2, 0.25) is 11.0 Å². The number of alkyl halides is 3. The maximum atomic E-state index is 12.2. The van der Waals surface area contributed by atoms with E-state index in [1.165, 1.54) is 35.2 Å². The quantitative estimate of drug-likeness (QED) is 0.508. The molecule has 0 spiro atoms. The monoisotopic (exact) mass is 404 g/mol. The normalized spacial score (nSPS) is 12.3. The molecule has 1 heterocycles. The molecule has 1 aromatic carbocycles. The van der Waals surface area contributed by atoms with E-state index in [1.807, 2.05) is 0 Å². The lowest BCUT2D eigenvalue weighted by molar-refractivity contribution is -0.274. The predicted molar refractivity (Wildman–Crippen MR) is 95.7 cm³/mol. The molecule has 1 atom stereocenters. The van der Waals surface area contributed by atoms with Crippen molar-refractivity contribution in [1.82, 2.24) is 10.2 Å². The predicted octanol–water partition coefficient (Wildman–Crippen LogP) is 4.15. The number of halogens is 3. The first-order chi connectivity index (χ1) is 12.3. The van der Waals surface area contributed by atoms with E-state index in [2.05, 4.69) is 32.1 Å². The summed E-state index contributed by atoms with van der Waals surface area (Å²) in [5.74, 6) is -0.665. The number of carbonyl (C=O) groups excluding carboxylic acids is 1. The fraction of sp³-hybridized carbons (Fsp3) is 0.267. The van der Waals surface area contributed by atoms with Crippen molar-refractivity contribution in [2.45, 2.75) is 22.9 Å². The molecule has 0 aliphatic rings. The van der Waals surface area contributed by atoms with Gasteiger partial charge in [0.1, 0.15) is 5.75 Å². The van der Waals surface area contributed by atoms with Gasteiger partial charge < -0.3 is 15.4 Å². The smallest absolute Gasteiger partial charge is 0.406 e. The summed E-state index contributed by atoms with van der Waals surface area (Å²) >= 11 is 2.54. The SMILES string of the molecule is C=CCNc1nnc(S[C@H](C)C(=O)Nc2ccc(OC(F)(F)F)cc2)s1. The van der Waals surface area contributed by atoms with Crippen molar-refractivity contribution in [1.29, 1.82) is 0 Å². The van der Waals surface area contributed by atoms with Crippen LogP contribution in [0.15, 0.2) is 41.3 Å². The fourth-order valence-electron chi connectivity index (χ4n) is 1.68. The Morgan fingerprint density at radius 2 is 2.08 bits per heavy atom. The Balaban J connectivity index is 1.88. The van der Waals surface area contributed by atoms with Crippen molar-refractivity contribution in [2.24, 2.45) is 0 Å². The Bertz CT molecular complexity index is 750.